The van der Waals surface area contributed by atoms with E-state index in [9.17, 15) is 19.8 Å². The summed E-state index contributed by atoms with van der Waals surface area (Å²) in [6.45, 7) is 0. The van der Waals surface area contributed by atoms with Gasteiger partial charge in [0.2, 0.25) is 0 Å². The highest BCUT2D eigenvalue weighted by molar-refractivity contribution is 5.68. The van der Waals surface area contributed by atoms with Crippen LogP contribution in [0.25, 0.3) is 0 Å². The Morgan fingerprint density at radius 1 is 0.700 bits per heavy atom. The second-order valence-corrected chi connectivity index (χ2v) is 7.96. The van der Waals surface area contributed by atoms with E-state index < -0.39 is 11.9 Å². The Morgan fingerprint density at radius 2 is 1.00 bits per heavy atom. The summed E-state index contributed by atoms with van der Waals surface area (Å²) >= 11 is 0. The van der Waals surface area contributed by atoms with Gasteiger partial charge in [0.25, 0.3) is 0 Å². The summed E-state index contributed by atoms with van der Waals surface area (Å²) in [5, 5.41) is 18.4. The molecule has 4 unspecified atom stereocenters. The Bertz CT molecular complexity index is 433. The summed E-state index contributed by atoms with van der Waals surface area (Å²) in [5.41, 5.74) is 0. The summed E-state index contributed by atoms with van der Waals surface area (Å²) in [5.74, 6) is 4.99. The van der Waals surface area contributed by atoms with Gasteiger partial charge in [-0.05, 0) is 72.0 Å². The van der Waals surface area contributed by atoms with Gasteiger partial charge in [0.05, 0.1) is 0 Å². The predicted octanol–water partition coefficient (Wildman–Crippen LogP) is 1.95. The van der Waals surface area contributed by atoms with Gasteiger partial charge >= 0.3 is 11.9 Å². The highest BCUT2D eigenvalue weighted by atomic mass is 16.4. The van der Waals surface area contributed by atoms with Crippen LogP contribution in [0.4, 0.5) is 0 Å². The average molecular weight is 276 g/mol. The van der Waals surface area contributed by atoms with E-state index in [1.807, 2.05) is 0 Å². The molecule has 0 saturated heterocycles. The first kappa shape index (κ1) is 11.6. The normalized spacial score (nSPS) is 59.8. The standard InChI is InChI=1S/C16H20O4/c17-11(18)3-5-7-1-8-6(4-12(19)20)10-2-9(5)15-13(7)14(8)16(10)15/h5-10,13-16H,1-4H2,(H,17,18)(H,19,20). The van der Waals surface area contributed by atoms with Crippen molar-refractivity contribution in [2.45, 2.75) is 25.7 Å². The van der Waals surface area contributed by atoms with Gasteiger partial charge in [-0.3, -0.25) is 9.59 Å². The molecular weight excluding hydrogens is 256 g/mol. The molecule has 0 aliphatic heterocycles. The zero-order chi connectivity index (χ0) is 13.8. The van der Waals surface area contributed by atoms with Gasteiger partial charge in [-0.2, -0.15) is 0 Å². The lowest BCUT2D eigenvalue weighted by Crippen LogP contribution is -2.41. The fourth-order valence-electron chi connectivity index (χ4n) is 7.91. The monoisotopic (exact) mass is 276 g/mol. The topological polar surface area (TPSA) is 74.6 Å². The van der Waals surface area contributed by atoms with Gasteiger partial charge in [0.15, 0.2) is 0 Å². The molecule has 108 valence electrons. The van der Waals surface area contributed by atoms with Crippen LogP contribution in [0.3, 0.4) is 0 Å². The highest BCUT2D eigenvalue weighted by Gasteiger charge is 2.78. The van der Waals surface area contributed by atoms with Gasteiger partial charge in [-0.1, -0.05) is 0 Å². The maximum Gasteiger partial charge on any atom is 0.303 e. The SMILES string of the molecule is O=C(O)CC1C2CC3C(CC(=O)O)C4CC1C1C2C3C41. The number of hydrogen-bond donors (Lipinski definition) is 2. The first-order valence-corrected chi connectivity index (χ1v) is 8.01. The van der Waals surface area contributed by atoms with Crippen molar-refractivity contribution in [3.63, 3.8) is 0 Å². The van der Waals surface area contributed by atoms with Crippen molar-refractivity contribution in [2.75, 3.05) is 0 Å². The van der Waals surface area contributed by atoms with E-state index in [1.165, 1.54) is 0 Å². The van der Waals surface area contributed by atoms with Crippen molar-refractivity contribution in [3.05, 3.63) is 0 Å². The summed E-state index contributed by atoms with van der Waals surface area (Å²) in [7, 11) is 0. The average Bonchev–Trinajstić information content (AvgIpc) is 2.91. The minimum Gasteiger partial charge on any atom is -0.481 e. The zero-order valence-corrected chi connectivity index (χ0v) is 11.3. The van der Waals surface area contributed by atoms with E-state index in [-0.39, 0.29) is 0 Å². The van der Waals surface area contributed by atoms with E-state index in [0.29, 0.717) is 48.3 Å². The molecule has 5 aliphatic rings. The van der Waals surface area contributed by atoms with Gasteiger partial charge < -0.3 is 10.2 Å². The number of carboxylic acids is 2. The first-order chi connectivity index (χ1) is 9.58. The lowest BCUT2D eigenvalue weighted by atomic mass is 9.60. The molecule has 4 heteroatoms. The largest absolute Gasteiger partial charge is 0.481 e. The fourth-order valence-corrected chi connectivity index (χ4v) is 7.91. The van der Waals surface area contributed by atoms with Crippen LogP contribution in [-0.4, -0.2) is 22.2 Å². The third kappa shape index (κ3) is 1.09. The molecule has 2 N–H and O–H groups in total. The second-order valence-electron chi connectivity index (χ2n) is 7.96. The third-order valence-corrected chi connectivity index (χ3v) is 7.86. The molecule has 0 radical (unpaired) electrons. The van der Waals surface area contributed by atoms with E-state index in [1.54, 1.807) is 0 Å². The summed E-state index contributed by atoms with van der Waals surface area (Å²) in [6, 6.07) is 0. The lowest BCUT2D eigenvalue weighted by Gasteiger charge is -2.44. The first-order valence-electron chi connectivity index (χ1n) is 8.01. The smallest absolute Gasteiger partial charge is 0.303 e. The Hall–Kier alpha value is -1.06. The molecular formula is C16H20O4. The van der Waals surface area contributed by atoms with Crippen molar-refractivity contribution >= 4 is 11.9 Å². The quantitative estimate of drug-likeness (QED) is 0.823. The van der Waals surface area contributed by atoms with E-state index in [0.717, 1.165) is 36.5 Å². The highest BCUT2D eigenvalue weighted by Crippen LogP contribution is 2.83. The fraction of sp³-hybridized carbons (Fsp3) is 0.875. The van der Waals surface area contributed by atoms with Crippen LogP contribution in [0.5, 0.6) is 0 Å². The van der Waals surface area contributed by atoms with Crippen LogP contribution in [-0.2, 0) is 9.59 Å². The molecule has 5 fully saturated rings. The van der Waals surface area contributed by atoms with Gasteiger partial charge in [0, 0.05) is 12.8 Å². The van der Waals surface area contributed by atoms with Crippen molar-refractivity contribution in [2.24, 2.45) is 59.2 Å². The number of aliphatic carboxylic acids is 2. The van der Waals surface area contributed by atoms with Crippen molar-refractivity contribution in [1.82, 2.24) is 0 Å². The van der Waals surface area contributed by atoms with Crippen LogP contribution in [0.2, 0.25) is 0 Å². The van der Waals surface area contributed by atoms with Crippen LogP contribution < -0.4 is 0 Å². The molecule has 0 heterocycles. The summed E-state index contributed by atoms with van der Waals surface area (Å²) in [6.07, 6.45) is 2.96. The summed E-state index contributed by atoms with van der Waals surface area (Å²) < 4.78 is 0. The maximum atomic E-state index is 11.2. The Labute approximate surface area is 117 Å². The van der Waals surface area contributed by atoms with Crippen molar-refractivity contribution in [1.29, 1.82) is 0 Å². The molecule has 0 spiro atoms. The van der Waals surface area contributed by atoms with Gasteiger partial charge in [0.1, 0.15) is 0 Å². The Kier molecular flexibility index (Phi) is 1.97. The van der Waals surface area contributed by atoms with Crippen LogP contribution >= 0.6 is 0 Å². The number of rotatable bonds is 4. The Balaban J connectivity index is 1.50. The third-order valence-electron chi connectivity index (χ3n) is 7.86. The molecule has 0 amide bonds. The number of carbonyl (C=O) groups is 2. The molecule has 0 bridgehead atoms. The van der Waals surface area contributed by atoms with Crippen LogP contribution in [0.1, 0.15) is 25.7 Å². The van der Waals surface area contributed by atoms with E-state index in [4.69, 9.17) is 0 Å². The molecule has 4 atom stereocenters. The predicted molar refractivity (Wildman–Crippen MR) is 68.6 cm³/mol. The number of carboxylic acid groups (broad SMARTS) is 2. The van der Waals surface area contributed by atoms with Gasteiger partial charge in [-0.15, -0.1) is 0 Å². The second kappa shape index (κ2) is 3.40. The Morgan fingerprint density at radius 3 is 1.25 bits per heavy atom. The number of hydrogen-bond acceptors (Lipinski definition) is 2. The van der Waals surface area contributed by atoms with E-state index >= 15 is 0 Å². The van der Waals surface area contributed by atoms with E-state index in [2.05, 4.69) is 0 Å². The summed E-state index contributed by atoms with van der Waals surface area (Å²) in [4.78, 5) is 22.3. The minimum absolute atomic E-state index is 0.352. The molecule has 0 aromatic rings. The van der Waals surface area contributed by atoms with Gasteiger partial charge in [-0.25, -0.2) is 0 Å². The zero-order valence-electron chi connectivity index (χ0n) is 11.3. The molecule has 5 aliphatic carbocycles. The molecule has 20 heavy (non-hydrogen) atoms. The minimum atomic E-state index is -0.640. The molecule has 0 aromatic carbocycles. The maximum absolute atomic E-state index is 11.2. The van der Waals surface area contributed by atoms with Crippen LogP contribution in [0, 0.1) is 59.2 Å². The molecule has 5 rings (SSSR count). The lowest BCUT2D eigenvalue weighted by molar-refractivity contribution is -0.139. The van der Waals surface area contributed by atoms with Crippen LogP contribution in [0.15, 0.2) is 0 Å². The molecule has 4 nitrogen and oxygen atoms in total. The molecule has 5 saturated carbocycles. The van der Waals surface area contributed by atoms with Crippen molar-refractivity contribution in [3.8, 4) is 0 Å². The molecule has 0 aromatic heterocycles. The van der Waals surface area contributed by atoms with Crippen molar-refractivity contribution < 1.29 is 19.8 Å².